The average molecular weight is 223 g/mol. The monoisotopic (exact) mass is 223 g/mol. The van der Waals surface area contributed by atoms with Crippen molar-refractivity contribution < 1.29 is 5.11 Å². The van der Waals surface area contributed by atoms with Crippen LogP contribution in [0.1, 0.15) is 35.8 Å². The smallest absolute Gasteiger partial charge is 0.0658 e. The van der Waals surface area contributed by atoms with Crippen molar-refractivity contribution in [2.45, 2.75) is 39.2 Å². The first-order valence-corrected chi connectivity index (χ1v) is 6.10. The highest BCUT2D eigenvalue weighted by Gasteiger charge is 2.21. The number of aryl methyl sites for hydroxylation is 1. The molecule has 1 fully saturated rings. The van der Waals surface area contributed by atoms with Crippen LogP contribution in [0.3, 0.4) is 0 Å². The van der Waals surface area contributed by atoms with Gasteiger partial charge in [0.25, 0.3) is 0 Å². The molecule has 1 saturated heterocycles. The number of aliphatic hydroxyl groups is 1. The van der Waals surface area contributed by atoms with Crippen molar-refractivity contribution >= 4 is 0 Å². The standard InChI is InChI=1S/C12H21N3O/c1-9-12(4-3-7-16)10(2)15(14-9)11-5-6-13-8-11/h11,13,16H,3-8H2,1-2H3. The van der Waals surface area contributed by atoms with E-state index in [4.69, 9.17) is 5.11 Å². The molecule has 90 valence electrons. The zero-order chi connectivity index (χ0) is 11.5. The summed E-state index contributed by atoms with van der Waals surface area (Å²) >= 11 is 0. The van der Waals surface area contributed by atoms with E-state index in [1.54, 1.807) is 0 Å². The second-order valence-corrected chi connectivity index (χ2v) is 4.57. The number of rotatable bonds is 4. The molecule has 0 saturated carbocycles. The molecule has 0 aromatic carbocycles. The van der Waals surface area contributed by atoms with Crippen LogP contribution in [0.25, 0.3) is 0 Å². The van der Waals surface area contributed by atoms with Crippen LogP contribution in [0.5, 0.6) is 0 Å². The first-order valence-electron chi connectivity index (χ1n) is 6.10. The lowest BCUT2D eigenvalue weighted by atomic mass is 10.1. The van der Waals surface area contributed by atoms with Crippen molar-refractivity contribution in [2.75, 3.05) is 19.7 Å². The molecule has 2 N–H and O–H groups in total. The lowest BCUT2D eigenvalue weighted by molar-refractivity contribution is 0.288. The Balaban J connectivity index is 2.19. The summed E-state index contributed by atoms with van der Waals surface area (Å²) in [5.74, 6) is 0. The van der Waals surface area contributed by atoms with Gasteiger partial charge in [0.05, 0.1) is 11.7 Å². The van der Waals surface area contributed by atoms with Gasteiger partial charge >= 0.3 is 0 Å². The molecule has 1 aliphatic heterocycles. The van der Waals surface area contributed by atoms with E-state index >= 15 is 0 Å². The fraction of sp³-hybridized carbons (Fsp3) is 0.750. The third kappa shape index (κ3) is 2.13. The summed E-state index contributed by atoms with van der Waals surface area (Å²) in [5, 5.41) is 16.9. The second-order valence-electron chi connectivity index (χ2n) is 4.57. The minimum Gasteiger partial charge on any atom is -0.396 e. The summed E-state index contributed by atoms with van der Waals surface area (Å²) in [6.07, 6.45) is 2.94. The van der Waals surface area contributed by atoms with Crippen LogP contribution >= 0.6 is 0 Å². The maximum absolute atomic E-state index is 8.89. The number of nitrogens with one attached hydrogen (secondary N) is 1. The molecule has 0 amide bonds. The molecule has 1 unspecified atom stereocenters. The van der Waals surface area contributed by atoms with Crippen molar-refractivity contribution in [1.82, 2.24) is 15.1 Å². The van der Waals surface area contributed by atoms with Gasteiger partial charge in [0.15, 0.2) is 0 Å². The highest BCUT2D eigenvalue weighted by atomic mass is 16.2. The lowest BCUT2D eigenvalue weighted by Gasteiger charge is -2.11. The van der Waals surface area contributed by atoms with E-state index in [2.05, 4.69) is 28.9 Å². The van der Waals surface area contributed by atoms with Crippen LogP contribution in [-0.4, -0.2) is 34.6 Å². The van der Waals surface area contributed by atoms with Gasteiger partial charge in [-0.25, -0.2) is 0 Å². The highest BCUT2D eigenvalue weighted by molar-refractivity contribution is 5.25. The Labute approximate surface area is 96.7 Å². The van der Waals surface area contributed by atoms with E-state index in [0.717, 1.165) is 31.6 Å². The normalized spacial score (nSPS) is 20.6. The Hall–Kier alpha value is -0.870. The van der Waals surface area contributed by atoms with Crippen LogP contribution in [0.15, 0.2) is 0 Å². The van der Waals surface area contributed by atoms with Gasteiger partial charge in [-0.15, -0.1) is 0 Å². The second kappa shape index (κ2) is 4.97. The summed E-state index contributed by atoms with van der Waals surface area (Å²) in [7, 11) is 0. The molecule has 1 atom stereocenters. The predicted molar refractivity (Wildman–Crippen MR) is 63.6 cm³/mol. The lowest BCUT2D eigenvalue weighted by Crippen LogP contribution is -2.15. The molecule has 0 bridgehead atoms. The molecule has 1 aliphatic rings. The first kappa shape index (κ1) is 11.6. The molecule has 0 aliphatic carbocycles. The van der Waals surface area contributed by atoms with Crippen molar-refractivity contribution in [2.24, 2.45) is 0 Å². The minimum atomic E-state index is 0.259. The first-order chi connectivity index (χ1) is 7.74. The molecule has 1 aromatic heterocycles. The van der Waals surface area contributed by atoms with Gasteiger partial charge in [0.1, 0.15) is 0 Å². The zero-order valence-corrected chi connectivity index (χ0v) is 10.2. The Morgan fingerprint density at radius 1 is 1.50 bits per heavy atom. The van der Waals surface area contributed by atoms with E-state index < -0.39 is 0 Å². The molecule has 16 heavy (non-hydrogen) atoms. The van der Waals surface area contributed by atoms with Gasteiger partial charge in [-0.3, -0.25) is 4.68 Å². The highest BCUT2D eigenvalue weighted by Crippen LogP contribution is 2.22. The van der Waals surface area contributed by atoms with Gasteiger partial charge in [-0.2, -0.15) is 5.10 Å². The molecule has 4 nitrogen and oxygen atoms in total. The van der Waals surface area contributed by atoms with Gasteiger partial charge < -0.3 is 10.4 Å². The maximum Gasteiger partial charge on any atom is 0.0658 e. The summed E-state index contributed by atoms with van der Waals surface area (Å²) in [6.45, 7) is 6.59. The van der Waals surface area contributed by atoms with Crippen molar-refractivity contribution in [3.05, 3.63) is 17.0 Å². The fourth-order valence-electron chi connectivity index (χ4n) is 2.52. The van der Waals surface area contributed by atoms with E-state index in [0.29, 0.717) is 6.04 Å². The quantitative estimate of drug-likeness (QED) is 0.799. The molecule has 1 aromatic rings. The Bertz CT molecular complexity index is 353. The van der Waals surface area contributed by atoms with Crippen LogP contribution in [0, 0.1) is 13.8 Å². The molecular formula is C12H21N3O. The summed E-state index contributed by atoms with van der Waals surface area (Å²) < 4.78 is 2.17. The van der Waals surface area contributed by atoms with E-state index in [-0.39, 0.29) is 6.61 Å². The summed E-state index contributed by atoms with van der Waals surface area (Å²) in [5.41, 5.74) is 3.72. The largest absolute Gasteiger partial charge is 0.396 e. The molecule has 0 radical (unpaired) electrons. The van der Waals surface area contributed by atoms with Crippen LogP contribution in [-0.2, 0) is 6.42 Å². The number of hydrogen-bond donors (Lipinski definition) is 2. The molecular weight excluding hydrogens is 202 g/mol. The topological polar surface area (TPSA) is 50.1 Å². The number of aliphatic hydroxyl groups excluding tert-OH is 1. The fourth-order valence-corrected chi connectivity index (χ4v) is 2.52. The molecule has 0 spiro atoms. The van der Waals surface area contributed by atoms with Crippen LogP contribution < -0.4 is 5.32 Å². The zero-order valence-electron chi connectivity index (χ0n) is 10.2. The number of nitrogens with zero attached hydrogens (tertiary/aromatic N) is 2. The Kier molecular flexibility index (Phi) is 3.61. The van der Waals surface area contributed by atoms with E-state index in [9.17, 15) is 0 Å². The average Bonchev–Trinajstić information content (AvgIpc) is 2.86. The minimum absolute atomic E-state index is 0.259. The Morgan fingerprint density at radius 3 is 2.94 bits per heavy atom. The summed E-state index contributed by atoms with van der Waals surface area (Å²) in [4.78, 5) is 0. The van der Waals surface area contributed by atoms with Crippen molar-refractivity contribution in [1.29, 1.82) is 0 Å². The van der Waals surface area contributed by atoms with Crippen LogP contribution in [0.2, 0.25) is 0 Å². The van der Waals surface area contributed by atoms with Gasteiger partial charge in [-0.05, 0) is 45.2 Å². The van der Waals surface area contributed by atoms with Crippen LogP contribution in [0.4, 0.5) is 0 Å². The van der Waals surface area contributed by atoms with Gasteiger partial charge in [-0.1, -0.05) is 0 Å². The van der Waals surface area contributed by atoms with E-state index in [1.807, 2.05) is 0 Å². The molecule has 2 rings (SSSR count). The number of hydrogen-bond acceptors (Lipinski definition) is 3. The van der Waals surface area contributed by atoms with Gasteiger partial charge in [0, 0.05) is 18.8 Å². The third-order valence-corrected chi connectivity index (χ3v) is 3.44. The number of aromatic nitrogens is 2. The predicted octanol–water partition coefficient (Wildman–Crippen LogP) is 0.959. The third-order valence-electron chi connectivity index (χ3n) is 3.44. The maximum atomic E-state index is 8.89. The summed E-state index contributed by atoms with van der Waals surface area (Å²) in [6, 6.07) is 0.515. The molecule has 4 heteroatoms. The van der Waals surface area contributed by atoms with E-state index in [1.165, 1.54) is 17.7 Å². The molecule has 2 heterocycles. The van der Waals surface area contributed by atoms with Crippen molar-refractivity contribution in [3.8, 4) is 0 Å². The Morgan fingerprint density at radius 2 is 2.31 bits per heavy atom. The van der Waals surface area contributed by atoms with Gasteiger partial charge in [0.2, 0.25) is 0 Å². The van der Waals surface area contributed by atoms with Crippen molar-refractivity contribution in [3.63, 3.8) is 0 Å². The SMILES string of the molecule is Cc1nn(C2CCNC2)c(C)c1CCCO.